The number of hydrogen-bond acceptors (Lipinski definition) is 4. The minimum absolute atomic E-state index is 0.0589. The molecule has 4 nitrogen and oxygen atoms in total. The maximum atomic E-state index is 13.6. The number of nitrogens with zero attached hydrogens (tertiary/aromatic N) is 2. The lowest BCUT2D eigenvalue weighted by atomic mass is 10.2. The third kappa shape index (κ3) is 4.72. The molecule has 140 valence electrons. The van der Waals surface area contributed by atoms with E-state index in [1.54, 1.807) is 11.9 Å². The molecule has 1 amide bonds. The minimum atomic E-state index is -1.61. The fraction of sp³-hybridized carbons (Fsp3) is 0.158. The van der Waals surface area contributed by atoms with Crippen LogP contribution in [-0.2, 0) is 11.3 Å². The van der Waals surface area contributed by atoms with Crippen molar-refractivity contribution in [2.75, 3.05) is 18.9 Å². The highest BCUT2D eigenvalue weighted by Gasteiger charge is 2.16. The summed E-state index contributed by atoms with van der Waals surface area (Å²) in [5.74, 6) is -4.88. The Morgan fingerprint density at radius 1 is 1.11 bits per heavy atom. The van der Waals surface area contributed by atoms with Gasteiger partial charge >= 0.3 is 0 Å². The molecule has 3 aromatic rings. The van der Waals surface area contributed by atoms with Crippen molar-refractivity contribution in [3.05, 3.63) is 71.0 Å². The van der Waals surface area contributed by atoms with E-state index in [0.717, 1.165) is 28.4 Å². The van der Waals surface area contributed by atoms with Crippen LogP contribution in [0.1, 0.15) is 5.69 Å². The SMILES string of the molecule is CN(CC(=O)Nc1ccc(F)c(F)c1F)Cc1csc(-c2ccccc2)n1. The van der Waals surface area contributed by atoms with Gasteiger partial charge in [0.25, 0.3) is 0 Å². The number of anilines is 1. The second-order valence-electron chi connectivity index (χ2n) is 5.95. The Bertz CT molecular complexity index is 947. The third-order valence-electron chi connectivity index (χ3n) is 3.73. The smallest absolute Gasteiger partial charge is 0.238 e. The van der Waals surface area contributed by atoms with Gasteiger partial charge in [-0.3, -0.25) is 9.69 Å². The van der Waals surface area contributed by atoms with Crippen molar-refractivity contribution in [1.29, 1.82) is 0 Å². The second kappa shape index (κ2) is 8.32. The molecule has 3 rings (SSSR count). The lowest BCUT2D eigenvalue weighted by molar-refractivity contribution is -0.117. The first-order chi connectivity index (χ1) is 12.9. The van der Waals surface area contributed by atoms with E-state index < -0.39 is 29.0 Å². The number of likely N-dealkylation sites (N-methyl/N-ethyl adjacent to an activating group) is 1. The fourth-order valence-corrected chi connectivity index (χ4v) is 3.30. The summed E-state index contributed by atoms with van der Waals surface area (Å²) in [6.07, 6.45) is 0. The van der Waals surface area contributed by atoms with E-state index in [2.05, 4.69) is 10.3 Å². The standard InChI is InChI=1S/C19H16F3N3OS/c1-25(9-13-11-27-19(23-13)12-5-3-2-4-6-12)10-16(26)24-15-8-7-14(20)17(21)18(15)22/h2-8,11H,9-10H2,1H3,(H,24,26). The molecule has 0 aliphatic rings. The molecule has 0 spiro atoms. The van der Waals surface area contributed by atoms with Gasteiger partial charge in [0.15, 0.2) is 17.5 Å². The molecule has 0 unspecified atom stereocenters. The Balaban J connectivity index is 1.58. The molecule has 8 heteroatoms. The molecule has 0 saturated heterocycles. The summed E-state index contributed by atoms with van der Waals surface area (Å²) in [5, 5.41) is 5.04. The quantitative estimate of drug-likeness (QED) is 0.638. The van der Waals surface area contributed by atoms with E-state index in [1.807, 2.05) is 35.7 Å². The molecule has 1 aromatic heterocycles. The van der Waals surface area contributed by atoms with Crippen LogP contribution in [0.2, 0.25) is 0 Å². The molecular formula is C19H16F3N3OS. The number of rotatable bonds is 6. The van der Waals surface area contributed by atoms with Gasteiger partial charge < -0.3 is 5.32 Å². The highest BCUT2D eigenvalue weighted by atomic mass is 32.1. The Kier molecular flexibility index (Phi) is 5.88. The van der Waals surface area contributed by atoms with E-state index in [-0.39, 0.29) is 6.54 Å². The summed E-state index contributed by atoms with van der Waals surface area (Å²) in [6, 6.07) is 11.5. The normalized spacial score (nSPS) is 11.0. The van der Waals surface area contributed by atoms with Crippen molar-refractivity contribution in [3.8, 4) is 10.6 Å². The Labute approximate surface area is 158 Å². The first kappa shape index (κ1) is 19.1. The van der Waals surface area contributed by atoms with Gasteiger partial charge in [-0.1, -0.05) is 30.3 Å². The highest BCUT2D eigenvalue weighted by molar-refractivity contribution is 7.13. The first-order valence-corrected chi connectivity index (χ1v) is 8.93. The number of halogens is 3. The predicted octanol–water partition coefficient (Wildman–Crippen LogP) is 4.30. The zero-order chi connectivity index (χ0) is 19.4. The van der Waals surface area contributed by atoms with Gasteiger partial charge in [-0.05, 0) is 19.2 Å². The van der Waals surface area contributed by atoms with Crippen molar-refractivity contribution in [2.24, 2.45) is 0 Å². The number of aromatic nitrogens is 1. The van der Waals surface area contributed by atoms with Gasteiger partial charge in [0, 0.05) is 17.5 Å². The molecule has 27 heavy (non-hydrogen) atoms. The van der Waals surface area contributed by atoms with E-state index >= 15 is 0 Å². The number of hydrogen-bond donors (Lipinski definition) is 1. The van der Waals surface area contributed by atoms with Crippen LogP contribution in [0.5, 0.6) is 0 Å². The Morgan fingerprint density at radius 3 is 2.59 bits per heavy atom. The van der Waals surface area contributed by atoms with E-state index in [1.165, 1.54) is 11.3 Å². The monoisotopic (exact) mass is 391 g/mol. The second-order valence-corrected chi connectivity index (χ2v) is 6.81. The fourth-order valence-electron chi connectivity index (χ4n) is 2.48. The van der Waals surface area contributed by atoms with Gasteiger partial charge in [0.2, 0.25) is 5.91 Å². The van der Waals surface area contributed by atoms with Crippen molar-refractivity contribution >= 4 is 22.9 Å². The summed E-state index contributed by atoms with van der Waals surface area (Å²) in [6.45, 7) is 0.355. The molecule has 0 aliphatic heterocycles. The van der Waals surface area contributed by atoms with Crippen LogP contribution in [0.15, 0.2) is 47.8 Å². The molecule has 0 bridgehead atoms. The first-order valence-electron chi connectivity index (χ1n) is 8.05. The van der Waals surface area contributed by atoms with Crippen LogP contribution in [0.3, 0.4) is 0 Å². The van der Waals surface area contributed by atoms with Crippen LogP contribution in [0.25, 0.3) is 10.6 Å². The maximum Gasteiger partial charge on any atom is 0.238 e. The number of amides is 1. The zero-order valence-electron chi connectivity index (χ0n) is 14.4. The van der Waals surface area contributed by atoms with Crippen molar-refractivity contribution in [3.63, 3.8) is 0 Å². The van der Waals surface area contributed by atoms with Crippen LogP contribution < -0.4 is 5.32 Å². The number of thiazole rings is 1. The van der Waals surface area contributed by atoms with Crippen LogP contribution in [0.4, 0.5) is 18.9 Å². The number of carbonyl (C=O) groups is 1. The summed E-state index contributed by atoms with van der Waals surface area (Å²) >= 11 is 1.51. The highest BCUT2D eigenvalue weighted by Crippen LogP contribution is 2.24. The zero-order valence-corrected chi connectivity index (χ0v) is 15.2. The molecule has 0 fully saturated rings. The maximum absolute atomic E-state index is 13.6. The van der Waals surface area contributed by atoms with Crippen molar-refractivity contribution in [1.82, 2.24) is 9.88 Å². The lowest BCUT2D eigenvalue weighted by Crippen LogP contribution is -2.30. The average Bonchev–Trinajstić information content (AvgIpc) is 3.11. The number of benzene rings is 2. The summed E-state index contributed by atoms with van der Waals surface area (Å²) in [7, 11) is 1.71. The minimum Gasteiger partial charge on any atom is -0.322 e. The van der Waals surface area contributed by atoms with Crippen molar-refractivity contribution in [2.45, 2.75) is 6.54 Å². The van der Waals surface area contributed by atoms with Crippen LogP contribution >= 0.6 is 11.3 Å². The average molecular weight is 391 g/mol. The third-order valence-corrected chi connectivity index (χ3v) is 4.67. The molecular weight excluding hydrogens is 375 g/mol. The van der Waals surface area contributed by atoms with Gasteiger partial charge in [0.05, 0.1) is 17.9 Å². The summed E-state index contributed by atoms with van der Waals surface area (Å²) < 4.78 is 39.8. The van der Waals surface area contributed by atoms with Crippen LogP contribution in [0, 0.1) is 17.5 Å². The molecule has 0 radical (unpaired) electrons. The van der Waals surface area contributed by atoms with Crippen LogP contribution in [-0.4, -0.2) is 29.4 Å². The molecule has 1 heterocycles. The van der Waals surface area contributed by atoms with E-state index in [9.17, 15) is 18.0 Å². The molecule has 0 aliphatic carbocycles. The molecule has 1 N–H and O–H groups in total. The lowest BCUT2D eigenvalue weighted by Gasteiger charge is -2.15. The molecule has 2 aromatic carbocycles. The number of carbonyl (C=O) groups excluding carboxylic acids is 1. The Hall–Kier alpha value is -2.71. The van der Waals surface area contributed by atoms with Gasteiger partial charge in [-0.25, -0.2) is 18.2 Å². The molecule has 0 atom stereocenters. The predicted molar refractivity (Wildman–Crippen MR) is 98.8 cm³/mol. The van der Waals surface area contributed by atoms with Gasteiger partial charge in [-0.2, -0.15) is 0 Å². The van der Waals surface area contributed by atoms with E-state index in [0.29, 0.717) is 6.54 Å². The Morgan fingerprint density at radius 2 is 1.85 bits per heavy atom. The van der Waals surface area contributed by atoms with Crippen molar-refractivity contribution < 1.29 is 18.0 Å². The topological polar surface area (TPSA) is 45.2 Å². The summed E-state index contributed by atoms with van der Waals surface area (Å²) in [5.41, 5.74) is 1.42. The van der Waals surface area contributed by atoms with Gasteiger partial charge in [-0.15, -0.1) is 11.3 Å². The summed E-state index contributed by atoms with van der Waals surface area (Å²) in [4.78, 5) is 18.3. The van der Waals surface area contributed by atoms with Gasteiger partial charge in [0.1, 0.15) is 5.01 Å². The molecule has 0 saturated carbocycles. The number of nitrogens with one attached hydrogen (secondary N) is 1. The van der Waals surface area contributed by atoms with E-state index in [4.69, 9.17) is 0 Å². The largest absolute Gasteiger partial charge is 0.322 e.